The lowest BCUT2D eigenvalue weighted by atomic mass is 9.76. The minimum absolute atomic E-state index is 0.339. The van der Waals surface area contributed by atoms with Crippen molar-refractivity contribution in [3.05, 3.63) is 70.0 Å². The van der Waals surface area contributed by atoms with Gasteiger partial charge in [-0.15, -0.1) is 0 Å². The topological polar surface area (TPSA) is 26.0 Å². The third kappa shape index (κ3) is 2.46. The summed E-state index contributed by atoms with van der Waals surface area (Å²) in [5, 5.41) is 0.394. The van der Waals surface area contributed by atoms with E-state index in [1.54, 1.807) is 12.1 Å². The summed E-state index contributed by atoms with van der Waals surface area (Å²) in [6.45, 7) is 0. The van der Waals surface area contributed by atoms with Crippen LogP contribution in [0.4, 0.5) is 4.39 Å². The van der Waals surface area contributed by atoms with E-state index in [0.29, 0.717) is 16.5 Å². The number of rotatable bonds is 3. The van der Waals surface area contributed by atoms with Crippen LogP contribution in [0.2, 0.25) is 5.02 Å². The van der Waals surface area contributed by atoms with Crippen molar-refractivity contribution >= 4 is 11.6 Å². The molecular weight excluding hydrogens is 273 g/mol. The van der Waals surface area contributed by atoms with E-state index in [2.05, 4.69) is 6.07 Å². The first kappa shape index (κ1) is 13.6. The Bertz CT molecular complexity index is 622. The van der Waals surface area contributed by atoms with Gasteiger partial charge in [-0.1, -0.05) is 48.4 Å². The predicted molar refractivity (Wildman–Crippen MR) is 80.5 cm³/mol. The summed E-state index contributed by atoms with van der Waals surface area (Å²) in [7, 11) is 0. The minimum atomic E-state index is -0.441. The lowest BCUT2D eigenvalue weighted by molar-refractivity contribution is 0.416. The van der Waals surface area contributed by atoms with E-state index in [9.17, 15) is 4.39 Å². The summed E-state index contributed by atoms with van der Waals surface area (Å²) in [6.07, 6.45) is 3.67. The first-order chi connectivity index (χ1) is 9.66. The number of hydrogen-bond donors (Lipinski definition) is 1. The van der Waals surface area contributed by atoms with E-state index in [1.807, 2.05) is 18.2 Å². The molecule has 0 saturated heterocycles. The Morgan fingerprint density at radius 3 is 2.50 bits per heavy atom. The first-order valence-electron chi connectivity index (χ1n) is 6.96. The van der Waals surface area contributed by atoms with E-state index in [1.165, 1.54) is 30.9 Å². The smallest absolute Gasteiger partial charge is 0.129 e. The van der Waals surface area contributed by atoms with Gasteiger partial charge < -0.3 is 5.73 Å². The van der Waals surface area contributed by atoms with Crippen LogP contribution < -0.4 is 5.73 Å². The van der Waals surface area contributed by atoms with Gasteiger partial charge in [0, 0.05) is 10.6 Å². The summed E-state index contributed by atoms with van der Waals surface area (Å²) in [5.74, 6) is 0.237. The Kier molecular flexibility index (Phi) is 3.77. The van der Waals surface area contributed by atoms with Gasteiger partial charge in [0.05, 0.1) is 6.04 Å². The summed E-state index contributed by atoms with van der Waals surface area (Å²) >= 11 is 5.80. The van der Waals surface area contributed by atoms with Gasteiger partial charge in [-0.25, -0.2) is 4.39 Å². The predicted octanol–water partition coefficient (Wildman–Crippen LogP) is 4.79. The molecule has 1 fully saturated rings. The lowest BCUT2D eigenvalue weighted by Crippen LogP contribution is -2.19. The Morgan fingerprint density at radius 2 is 1.85 bits per heavy atom. The largest absolute Gasteiger partial charge is 0.320 e. The molecule has 0 heterocycles. The van der Waals surface area contributed by atoms with E-state index in [4.69, 9.17) is 17.3 Å². The van der Waals surface area contributed by atoms with Crippen molar-refractivity contribution in [2.24, 2.45) is 5.73 Å². The Morgan fingerprint density at radius 1 is 1.10 bits per heavy atom. The fraction of sp³-hybridized carbons (Fsp3) is 0.294. The van der Waals surface area contributed by atoms with Crippen LogP contribution in [0.15, 0.2) is 42.5 Å². The van der Waals surface area contributed by atoms with Crippen LogP contribution in [0.1, 0.15) is 47.9 Å². The molecule has 1 atom stereocenters. The van der Waals surface area contributed by atoms with Crippen molar-refractivity contribution in [3.63, 3.8) is 0 Å². The second-order valence-corrected chi connectivity index (χ2v) is 5.84. The molecule has 0 aromatic heterocycles. The maximum absolute atomic E-state index is 14.1. The van der Waals surface area contributed by atoms with Crippen LogP contribution in [-0.2, 0) is 0 Å². The second kappa shape index (κ2) is 5.55. The van der Waals surface area contributed by atoms with Crippen LogP contribution >= 0.6 is 11.6 Å². The molecule has 2 aromatic carbocycles. The Labute approximate surface area is 123 Å². The van der Waals surface area contributed by atoms with E-state index < -0.39 is 6.04 Å². The van der Waals surface area contributed by atoms with Crippen LogP contribution in [0.25, 0.3) is 0 Å². The quantitative estimate of drug-likeness (QED) is 0.863. The molecule has 2 N–H and O–H groups in total. The highest BCUT2D eigenvalue weighted by atomic mass is 35.5. The normalized spacial score (nSPS) is 16.8. The third-order valence-electron chi connectivity index (χ3n) is 4.17. The van der Waals surface area contributed by atoms with Crippen LogP contribution in [0.5, 0.6) is 0 Å². The standard InChI is InChI=1S/C17H17ClFN/c18-12-8-9-15(16(19)10-12)17(20)14-7-2-1-6-13(14)11-4-3-5-11/h1-2,6-11,17H,3-5,20H2. The number of halogens is 2. The SMILES string of the molecule is NC(c1ccc(Cl)cc1F)c1ccccc1C1CCC1. The molecule has 1 nitrogen and oxygen atoms in total. The zero-order chi connectivity index (χ0) is 14.1. The fourth-order valence-electron chi connectivity index (χ4n) is 2.81. The highest BCUT2D eigenvalue weighted by molar-refractivity contribution is 6.30. The van der Waals surface area contributed by atoms with Gasteiger partial charge in [0.1, 0.15) is 5.82 Å². The second-order valence-electron chi connectivity index (χ2n) is 5.40. The highest BCUT2D eigenvalue weighted by Crippen LogP contribution is 2.40. The Hall–Kier alpha value is -1.38. The van der Waals surface area contributed by atoms with Crippen LogP contribution in [0, 0.1) is 5.82 Å². The van der Waals surface area contributed by atoms with Gasteiger partial charge in [0.25, 0.3) is 0 Å². The fourth-order valence-corrected chi connectivity index (χ4v) is 2.97. The molecule has 1 unspecified atom stereocenters. The van der Waals surface area contributed by atoms with Crippen molar-refractivity contribution < 1.29 is 4.39 Å². The van der Waals surface area contributed by atoms with Gasteiger partial charge in [-0.2, -0.15) is 0 Å². The van der Waals surface area contributed by atoms with E-state index in [-0.39, 0.29) is 5.82 Å². The molecule has 1 aliphatic carbocycles. The monoisotopic (exact) mass is 289 g/mol. The van der Waals surface area contributed by atoms with Crippen LogP contribution in [0.3, 0.4) is 0 Å². The summed E-state index contributed by atoms with van der Waals surface area (Å²) in [4.78, 5) is 0. The zero-order valence-electron chi connectivity index (χ0n) is 11.2. The van der Waals surface area contributed by atoms with Gasteiger partial charge >= 0.3 is 0 Å². The molecule has 3 heteroatoms. The van der Waals surface area contributed by atoms with E-state index in [0.717, 1.165) is 5.56 Å². The van der Waals surface area contributed by atoms with Crippen LogP contribution in [-0.4, -0.2) is 0 Å². The number of nitrogens with two attached hydrogens (primary N) is 1. The lowest BCUT2D eigenvalue weighted by Gasteiger charge is -2.29. The number of benzene rings is 2. The molecule has 0 spiro atoms. The highest BCUT2D eigenvalue weighted by Gasteiger charge is 2.25. The first-order valence-corrected chi connectivity index (χ1v) is 7.34. The third-order valence-corrected chi connectivity index (χ3v) is 4.41. The average molecular weight is 290 g/mol. The molecule has 104 valence electrons. The molecule has 1 saturated carbocycles. The molecular formula is C17H17ClFN. The average Bonchev–Trinajstić information content (AvgIpc) is 2.37. The molecule has 0 bridgehead atoms. The molecule has 3 rings (SSSR count). The van der Waals surface area contributed by atoms with E-state index >= 15 is 0 Å². The molecule has 2 aromatic rings. The van der Waals surface area contributed by atoms with Gasteiger partial charge in [0.2, 0.25) is 0 Å². The molecule has 0 radical (unpaired) electrons. The minimum Gasteiger partial charge on any atom is -0.320 e. The molecule has 0 amide bonds. The van der Waals surface area contributed by atoms with Crippen molar-refractivity contribution in [1.82, 2.24) is 0 Å². The summed E-state index contributed by atoms with van der Waals surface area (Å²) < 4.78 is 14.1. The Balaban J connectivity index is 1.99. The van der Waals surface area contributed by atoms with Crippen molar-refractivity contribution in [3.8, 4) is 0 Å². The van der Waals surface area contributed by atoms with Gasteiger partial charge in [0.15, 0.2) is 0 Å². The summed E-state index contributed by atoms with van der Waals surface area (Å²) in [5.41, 5.74) is 9.09. The van der Waals surface area contributed by atoms with Crippen molar-refractivity contribution in [1.29, 1.82) is 0 Å². The number of hydrogen-bond acceptors (Lipinski definition) is 1. The van der Waals surface area contributed by atoms with Gasteiger partial charge in [-0.05, 0) is 42.0 Å². The van der Waals surface area contributed by atoms with Crippen molar-refractivity contribution in [2.45, 2.75) is 31.2 Å². The molecule has 0 aliphatic heterocycles. The zero-order valence-corrected chi connectivity index (χ0v) is 11.9. The summed E-state index contributed by atoms with van der Waals surface area (Å²) in [6, 6.07) is 12.4. The van der Waals surface area contributed by atoms with Gasteiger partial charge in [-0.3, -0.25) is 0 Å². The molecule has 20 heavy (non-hydrogen) atoms. The maximum atomic E-state index is 14.1. The maximum Gasteiger partial charge on any atom is 0.129 e. The molecule has 1 aliphatic rings. The van der Waals surface area contributed by atoms with Crippen molar-refractivity contribution in [2.75, 3.05) is 0 Å².